The van der Waals surface area contributed by atoms with Gasteiger partial charge in [-0.1, -0.05) is 70.5 Å². The minimum Gasteiger partial charge on any atom is -0.497 e. The van der Waals surface area contributed by atoms with Gasteiger partial charge in [-0.2, -0.15) is 0 Å². The fourth-order valence-corrected chi connectivity index (χ4v) is 6.32. The van der Waals surface area contributed by atoms with Crippen LogP contribution in [0.3, 0.4) is 0 Å². The van der Waals surface area contributed by atoms with Crippen LogP contribution in [-0.2, 0) is 22.6 Å². The Bertz CT molecular complexity index is 1300. The summed E-state index contributed by atoms with van der Waals surface area (Å²) < 4.78 is 6.36. The molecule has 0 bridgehead atoms. The molecule has 1 atom stereocenters. The number of methoxy groups -OCH3 is 1. The van der Waals surface area contributed by atoms with Crippen molar-refractivity contribution in [3.8, 4) is 5.75 Å². The molecule has 218 valence electrons. The lowest BCUT2D eigenvalue weighted by Gasteiger charge is -2.38. The van der Waals surface area contributed by atoms with Crippen LogP contribution in [0.5, 0.6) is 5.75 Å². The van der Waals surface area contributed by atoms with E-state index in [1.165, 1.54) is 5.56 Å². The summed E-state index contributed by atoms with van der Waals surface area (Å²) in [5.41, 5.74) is 3.01. The van der Waals surface area contributed by atoms with E-state index in [-0.39, 0.29) is 29.8 Å². The molecule has 3 aromatic rings. The maximum absolute atomic E-state index is 13.5. The minimum atomic E-state index is -0.213. The lowest BCUT2D eigenvalue weighted by Crippen LogP contribution is -2.45. The molecule has 41 heavy (non-hydrogen) atoms. The summed E-state index contributed by atoms with van der Waals surface area (Å²) in [6, 6.07) is 26.0. The van der Waals surface area contributed by atoms with E-state index in [1.807, 2.05) is 59.5 Å². The molecule has 1 spiro atoms. The molecular formula is C33H39BrClN3O3. The van der Waals surface area contributed by atoms with E-state index in [1.54, 1.807) is 7.11 Å². The highest BCUT2D eigenvalue weighted by molar-refractivity contribution is 9.10. The summed E-state index contributed by atoms with van der Waals surface area (Å²) in [4.78, 5) is 31.0. The first-order valence-corrected chi connectivity index (χ1v) is 15.0. The molecule has 3 aromatic carbocycles. The molecule has 0 aliphatic carbocycles. The highest BCUT2D eigenvalue weighted by Crippen LogP contribution is 2.42. The van der Waals surface area contributed by atoms with E-state index in [2.05, 4.69) is 50.4 Å². The summed E-state index contributed by atoms with van der Waals surface area (Å²) in [5, 5.41) is 3.28. The van der Waals surface area contributed by atoms with Crippen LogP contribution in [0.25, 0.3) is 0 Å². The second kappa shape index (κ2) is 14.3. The number of ether oxygens (including phenoxy) is 1. The van der Waals surface area contributed by atoms with E-state index >= 15 is 0 Å². The first-order chi connectivity index (χ1) is 19.4. The summed E-state index contributed by atoms with van der Waals surface area (Å²) in [7, 11) is 1.63. The molecule has 2 fully saturated rings. The lowest BCUT2D eigenvalue weighted by atomic mass is 9.77. The number of halogens is 2. The first kappa shape index (κ1) is 31.1. The Hall–Kier alpha value is -2.87. The van der Waals surface area contributed by atoms with Crippen LogP contribution in [0.2, 0.25) is 0 Å². The molecule has 8 heteroatoms. The number of benzene rings is 3. The van der Waals surface area contributed by atoms with Crippen molar-refractivity contribution in [2.45, 2.75) is 44.7 Å². The number of amides is 2. The number of rotatable bonds is 10. The van der Waals surface area contributed by atoms with Crippen LogP contribution >= 0.6 is 28.3 Å². The smallest absolute Gasteiger partial charge is 0.229 e. The summed E-state index contributed by atoms with van der Waals surface area (Å²) >= 11 is 3.49. The van der Waals surface area contributed by atoms with Crippen molar-refractivity contribution in [2.75, 3.05) is 33.3 Å². The highest BCUT2D eigenvalue weighted by atomic mass is 79.9. The third-order valence-corrected chi connectivity index (χ3v) is 9.00. The first-order valence-electron chi connectivity index (χ1n) is 14.2. The minimum absolute atomic E-state index is 0. The zero-order chi connectivity index (χ0) is 28.0. The second-order valence-corrected chi connectivity index (χ2v) is 12.0. The number of carbonyl (C=O) groups excluding carboxylic acids is 2. The lowest BCUT2D eigenvalue weighted by molar-refractivity contribution is -0.139. The second-order valence-electron chi connectivity index (χ2n) is 11.1. The molecule has 5 rings (SSSR count). The summed E-state index contributed by atoms with van der Waals surface area (Å²) in [6.45, 7) is 4.23. The summed E-state index contributed by atoms with van der Waals surface area (Å²) in [5.74, 6) is 1.08. The van der Waals surface area contributed by atoms with Crippen molar-refractivity contribution in [1.82, 2.24) is 15.1 Å². The number of hydrogen-bond acceptors (Lipinski definition) is 4. The van der Waals surface area contributed by atoms with Crippen molar-refractivity contribution in [1.29, 1.82) is 0 Å². The van der Waals surface area contributed by atoms with Gasteiger partial charge < -0.3 is 19.9 Å². The van der Waals surface area contributed by atoms with E-state index in [4.69, 9.17) is 4.74 Å². The SMILES string of the molecule is COc1cccc(CC(=O)NC(CCN2CCC3(CC2)CCN(Cc2ccc(Br)cc2)C3=O)c2ccccc2)c1.Cl. The molecule has 2 aliphatic rings. The third-order valence-electron chi connectivity index (χ3n) is 8.47. The largest absolute Gasteiger partial charge is 0.497 e. The normalized spacial score (nSPS) is 17.2. The van der Waals surface area contributed by atoms with Gasteiger partial charge in [0.1, 0.15) is 5.75 Å². The topological polar surface area (TPSA) is 61.9 Å². The molecular weight excluding hydrogens is 602 g/mol. The molecule has 0 radical (unpaired) electrons. The number of likely N-dealkylation sites (tertiary alicyclic amines) is 2. The molecule has 0 aromatic heterocycles. The highest BCUT2D eigenvalue weighted by Gasteiger charge is 2.47. The van der Waals surface area contributed by atoms with Gasteiger partial charge in [-0.25, -0.2) is 0 Å². The molecule has 1 N–H and O–H groups in total. The number of piperidine rings is 1. The van der Waals surface area contributed by atoms with Crippen molar-refractivity contribution < 1.29 is 14.3 Å². The van der Waals surface area contributed by atoms with Gasteiger partial charge in [0.15, 0.2) is 0 Å². The van der Waals surface area contributed by atoms with Gasteiger partial charge in [0.25, 0.3) is 0 Å². The average molecular weight is 641 g/mol. The molecule has 2 amide bonds. The quantitative estimate of drug-likeness (QED) is 0.287. The number of nitrogens with one attached hydrogen (secondary N) is 1. The van der Waals surface area contributed by atoms with E-state index < -0.39 is 0 Å². The van der Waals surface area contributed by atoms with Crippen molar-refractivity contribution in [2.24, 2.45) is 5.41 Å². The van der Waals surface area contributed by atoms with Crippen molar-refractivity contribution in [3.05, 3.63) is 100 Å². The molecule has 1 unspecified atom stereocenters. The Morgan fingerprint density at radius 2 is 1.66 bits per heavy atom. The average Bonchev–Trinajstić information content (AvgIpc) is 3.27. The maximum atomic E-state index is 13.5. The Balaban J connectivity index is 0.00000387. The number of nitrogens with zero attached hydrogens (tertiary/aromatic N) is 2. The predicted molar refractivity (Wildman–Crippen MR) is 168 cm³/mol. The molecule has 2 heterocycles. The van der Waals surface area contributed by atoms with Gasteiger partial charge >= 0.3 is 0 Å². The standard InChI is InChI=1S/C33H38BrN3O3.ClH/c1-40-29-9-5-6-26(22-29)23-31(38)35-30(27-7-3-2-4-8-27)14-18-36-19-15-33(16-20-36)17-21-37(32(33)39)24-25-10-12-28(34)13-11-25;/h2-13,22,30H,14-21,23-24H2,1H3,(H,35,38);1H. The predicted octanol–water partition coefficient (Wildman–Crippen LogP) is 6.18. The van der Waals surface area contributed by atoms with E-state index in [0.29, 0.717) is 18.9 Å². The molecule has 2 saturated heterocycles. The van der Waals surface area contributed by atoms with Crippen LogP contribution < -0.4 is 10.1 Å². The zero-order valence-electron chi connectivity index (χ0n) is 23.6. The maximum Gasteiger partial charge on any atom is 0.229 e. The molecule has 0 saturated carbocycles. The van der Waals surface area contributed by atoms with Crippen LogP contribution in [-0.4, -0.2) is 54.9 Å². The zero-order valence-corrected chi connectivity index (χ0v) is 26.0. The van der Waals surface area contributed by atoms with Crippen LogP contribution in [0.15, 0.2) is 83.3 Å². The van der Waals surface area contributed by atoms with Gasteiger partial charge in [0.05, 0.1) is 25.0 Å². The Morgan fingerprint density at radius 3 is 2.37 bits per heavy atom. The Kier molecular flexibility index (Phi) is 10.9. The number of carbonyl (C=O) groups is 2. The van der Waals surface area contributed by atoms with E-state index in [0.717, 1.165) is 73.2 Å². The van der Waals surface area contributed by atoms with Gasteiger partial charge in [0, 0.05) is 24.1 Å². The Labute approximate surface area is 258 Å². The van der Waals surface area contributed by atoms with Gasteiger partial charge in [-0.3, -0.25) is 9.59 Å². The monoisotopic (exact) mass is 639 g/mol. The van der Waals surface area contributed by atoms with Crippen molar-refractivity contribution >= 4 is 40.2 Å². The van der Waals surface area contributed by atoms with Gasteiger partial charge in [-0.15, -0.1) is 12.4 Å². The van der Waals surface area contributed by atoms with Gasteiger partial charge in [-0.05, 0) is 79.7 Å². The van der Waals surface area contributed by atoms with Crippen LogP contribution in [0.1, 0.15) is 48.4 Å². The summed E-state index contributed by atoms with van der Waals surface area (Å²) in [6.07, 6.45) is 3.89. The van der Waals surface area contributed by atoms with Crippen molar-refractivity contribution in [3.63, 3.8) is 0 Å². The van der Waals surface area contributed by atoms with E-state index in [9.17, 15) is 9.59 Å². The molecule has 6 nitrogen and oxygen atoms in total. The fourth-order valence-electron chi connectivity index (χ4n) is 6.05. The van der Waals surface area contributed by atoms with Gasteiger partial charge in [0.2, 0.25) is 11.8 Å². The van der Waals surface area contributed by atoms with Crippen LogP contribution in [0.4, 0.5) is 0 Å². The molecule has 2 aliphatic heterocycles. The third kappa shape index (κ3) is 7.91. The Morgan fingerprint density at radius 1 is 0.951 bits per heavy atom. The van der Waals surface area contributed by atoms with Crippen LogP contribution in [0, 0.1) is 5.41 Å². The fraction of sp³-hybridized carbons (Fsp3) is 0.394. The number of hydrogen-bond donors (Lipinski definition) is 1.